The van der Waals surface area contributed by atoms with E-state index in [-0.39, 0.29) is 0 Å². The summed E-state index contributed by atoms with van der Waals surface area (Å²) in [6.07, 6.45) is 46.5. The van der Waals surface area contributed by atoms with Gasteiger partial charge >= 0.3 is 0 Å². The zero-order valence-corrected chi connectivity index (χ0v) is 62.0. The molecule has 11 heteroatoms. The number of rotatable bonds is 42. The summed E-state index contributed by atoms with van der Waals surface area (Å²) in [4.78, 5) is 29.6. The molecule has 528 valence electrons. The van der Waals surface area contributed by atoms with Crippen molar-refractivity contribution in [3.8, 4) is 28.7 Å². The Bertz CT molecular complexity index is 3840. The first kappa shape index (κ1) is 74.5. The first-order valence-corrected chi connectivity index (χ1v) is 38.1. The van der Waals surface area contributed by atoms with E-state index in [4.69, 9.17) is 38.9 Å². The number of unbranched alkanes of at least 4 members (excludes halogenated alkanes) is 21. The number of benzene rings is 5. The van der Waals surface area contributed by atoms with Gasteiger partial charge in [0.05, 0.1) is 65.5 Å². The molecule has 5 heterocycles. The van der Waals surface area contributed by atoms with Crippen LogP contribution in [0.4, 0.5) is 0 Å². The third kappa shape index (κ3) is 21.0. The molecule has 11 nitrogen and oxygen atoms in total. The van der Waals surface area contributed by atoms with Crippen LogP contribution in [0.5, 0.6) is 28.7 Å². The van der Waals surface area contributed by atoms with Gasteiger partial charge in [0.1, 0.15) is 28.7 Å². The molecule has 0 aromatic heterocycles. The van der Waals surface area contributed by atoms with Crippen molar-refractivity contribution in [3.05, 3.63) is 220 Å². The molecule has 0 amide bonds. The van der Waals surface area contributed by atoms with Crippen LogP contribution in [-0.2, 0) is 19.6 Å². The molecule has 0 unspecified atom stereocenters. The van der Waals surface area contributed by atoms with Crippen LogP contribution in [0.25, 0.3) is 22.3 Å². The fraction of sp³-hybridized carbons (Fsp3) is 0.438. The number of hydrogen-bond donors (Lipinski definition) is 0. The second-order valence-corrected chi connectivity index (χ2v) is 28.4. The van der Waals surface area contributed by atoms with Gasteiger partial charge in [-0.3, -0.25) is 0 Å². The molecule has 0 N–H and O–H groups in total. The molecule has 5 aliphatic rings. The maximum atomic E-state index is 7.09. The number of para-hydroxylation sites is 3. The lowest BCUT2D eigenvalue weighted by atomic mass is 9.97. The second kappa shape index (κ2) is 39.1. The molecule has 100 heavy (non-hydrogen) atoms. The second-order valence-electron chi connectivity index (χ2n) is 28.4. The molecule has 0 saturated carbocycles. The summed E-state index contributed by atoms with van der Waals surface area (Å²) < 4.78 is 27.7. The summed E-state index contributed by atoms with van der Waals surface area (Å²) in [6, 6.07) is 38.4. The van der Waals surface area contributed by atoms with E-state index in [0.29, 0.717) is 19.8 Å². The van der Waals surface area contributed by atoms with Crippen LogP contribution >= 0.6 is 0 Å². The summed E-state index contributed by atoms with van der Waals surface area (Å²) in [5.74, 6) is 4.05. The predicted octanol–water partition coefficient (Wildman–Crippen LogP) is 22.2. The largest absolute Gasteiger partial charge is 0.493 e. The molecule has 5 aromatic rings. The maximum absolute atomic E-state index is 7.09. The third-order valence-corrected chi connectivity index (χ3v) is 19.0. The van der Waals surface area contributed by atoms with Crippen LogP contribution in [0, 0.1) is 0 Å². The van der Waals surface area contributed by atoms with E-state index >= 15 is 0 Å². The minimum absolute atomic E-state index is 0.616. The highest BCUT2D eigenvalue weighted by Gasteiger charge is 2.31. The number of ether oxygens (including phenoxy) is 4. The highest BCUT2D eigenvalue weighted by atomic mass is 16.5. The van der Waals surface area contributed by atoms with Gasteiger partial charge in [-0.1, -0.05) is 222 Å². The van der Waals surface area contributed by atoms with E-state index in [2.05, 4.69) is 236 Å². The first-order valence-electron chi connectivity index (χ1n) is 38.1. The molecular weight excluding hydrogens is 1230 g/mol. The monoisotopic (exact) mass is 1340 g/mol. The minimum Gasteiger partial charge on any atom is -0.493 e. The van der Waals surface area contributed by atoms with Crippen molar-refractivity contribution in [2.24, 2.45) is 20.0 Å². The van der Waals surface area contributed by atoms with Crippen molar-refractivity contribution in [3.63, 3.8) is 0 Å². The van der Waals surface area contributed by atoms with Gasteiger partial charge in [-0.25, -0.2) is 20.0 Å². The molecule has 0 aliphatic carbocycles. The normalized spacial score (nSPS) is 14.8. The Morgan fingerprint density at radius 3 is 0.940 bits per heavy atom. The van der Waals surface area contributed by atoms with Crippen molar-refractivity contribution in [2.45, 2.75) is 195 Å². The highest BCUT2D eigenvalue weighted by Crippen LogP contribution is 2.44. The molecule has 5 aromatic carbocycles. The standard InChI is InChI=1S/C89H113N7O4/c1-10-13-16-19-22-25-28-37-58-97-82-43-34-31-40-71(82)86-76-52-50-74(90-76)85(67-46-48-70(49-47-67)100-89-68(64-95(6)7)61-66(63-94(4)5)62-69(89)65-96(8)9)75-51-53-77(91-75)87(72-41-32-35-44-83(72)98-59-38-29-26-23-20-17-14-11-2)79-55-57-81(93-79)88(80-56-54-78(86)92-80)73-42-33-36-45-84(73)99-60-39-30-27-24-21-18-15-12-3/h31-36,40-57,61-62H,10-30,37-39,58-60,63-65H2,1-9H3. The average molecular weight is 1340 g/mol. The van der Waals surface area contributed by atoms with Gasteiger partial charge in [0.15, 0.2) is 0 Å². The summed E-state index contributed by atoms with van der Waals surface area (Å²) in [7, 11) is 12.7. The molecule has 0 fully saturated rings. The smallest absolute Gasteiger partial charge is 0.136 e. The summed E-state index contributed by atoms with van der Waals surface area (Å²) in [5, 5.41) is 0. The third-order valence-electron chi connectivity index (χ3n) is 19.0. The molecule has 5 aliphatic heterocycles. The Labute approximate surface area is 600 Å². The Morgan fingerprint density at radius 2 is 0.610 bits per heavy atom. The molecule has 10 rings (SSSR count). The van der Waals surface area contributed by atoms with E-state index in [1.165, 1.54) is 121 Å². The van der Waals surface area contributed by atoms with E-state index in [1.54, 1.807) is 0 Å². The van der Waals surface area contributed by atoms with Crippen LogP contribution in [0.15, 0.2) is 201 Å². The summed E-state index contributed by atoms with van der Waals surface area (Å²) in [5.41, 5.74) is 17.0. The van der Waals surface area contributed by atoms with Gasteiger partial charge in [0, 0.05) is 69.7 Å². The van der Waals surface area contributed by atoms with Crippen LogP contribution in [0.1, 0.15) is 214 Å². The van der Waals surface area contributed by atoms with E-state index in [9.17, 15) is 0 Å². The Morgan fingerprint density at radius 1 is 0.310 bits per heavy atom. The lowest BCUT2D eigenvalue weighted by Gasteiger charge is -2.23. The van der Waals surface area contributed by atoms with Crippen LogP contribution in [0.3, 0.4) is 0 Å². The maximum Gasteiger partial charge on any atom is 0.136 e. The van der Waals surface area contributed by atoms with Gasteiger partial charge < -0.3 is 33.6 Å². The van der Waals surface area contributed by atoms with Gasteiger partial charge in [-0.05, 0) is 164 Å². The van der Waals surface area contributed by atoms with Crippen molar-refractivity contribution >= 4 is 45.1 Å². The zero-order valence-electron chi connectivity index (χ0n) is 62.0. The van der Waals surface area contributed by atoms with E-state index in [0.717, 1.165) is 188 Å². The number of fused-ring (bicyclic) bond motifs is 4. The topological polar surface area (TPSA) is 96.1 Å². The Balaban J connectivity index is 1.11. The average Bonchev–Trinajstić information content (AvgIpc) is 1.63. The molecule has 0 spiro atoms. The minimum atomic E-state index is 0.616. The fourth-order valence-electron chi connectivity index (χ4n) is 14.0. The molecule has 0 atom stereocenters. The van der Waals surface area contributed by atoms with Gasteiger partial charge in [-0.15, -0.1) is 0 Å². The molecular formula is C89H113N7O4. The number of aliphatic imine (C=N–C) groups is 4. The van der Waals surface area contributed by atoms with Gasteiger partial charge in [-0.2, -0.15) is 0 Å². The lowest BCUT2D eigenvalue weighted by molar-refractivity contribution is 0.303. The number of allylic oxidation sites excluding steroid dienone is 12. The van der Waals surface area contributed by atoms with Crippen molar-refractivity contribution in [1.29, 1.82) is 0 Å². The van der Waals surface area contributed by atoms with E-state index < -0.39 is 0 Å². The van der Waals surface area contributed by atoms with E-state index in [1.807, 2.05) is 0 Å². The highest BCUT2D eigenvalue weighted by molar-refractivity contribution is 6.40. The van der Waals surface area contributed by atoms with Crippen LogP contribution in [-0.4, -0.2) is 99.7 Å². The van der Waals surface area contributed by atoms with Gasteiger partial charge in [0.2, 0.25) is 0 Å². The zero-order chi connectivity index (χ0) is 69.8. The SMILES string of the molecule is CCCCCCCCCCOc1ccccc1C1=C2C=CC(=N2)C(c2ccc(Oc3c(CN(C)C)cc(CN(C)C)cc3CN(C)C)cc2)=C2C=CC(=N2)C(c2ccccc2OCCCCCCCCCC)=C2C=CC(=N2)C(c2ccccc2OCCCCCCCCCC)=C2C=CC1=N2. The van der Waals surface area contributed by atoms with Crippen molar-refractivity contribution < 1.29 is 18.9 Å². The first-order chi connectivity index (χ1) is 49.0. The fourth-order valence-corrected chi connectivity index (χ4v) is 14.0. The van der Waals surface area contributed by atoms with Crippen molar-refractivity contribution in [2.75, 3.05) is 62.1 Å². The van der Waals surface area contributed by atoms with Crippen LogP contribution < -0.4 is 18.9 Å². The summed E-state index contributed by atoms with van der Waals surface area (Å²) >= 11 is 0. The Hall–Kier alpha value is -8.22. The van der Waals surface area contributed by atoms with Crippen LogP contribution in [0.2, 0.25) is 0 Å². The molecule has 8 bridgehead atoms. The van der Waals surface area contributed by atoms with Gasteiger partial charge in [0.25, 0.3) is 0 Å². The summed E-state index contributed by atoms with van der Waals surface area (Å²) in [6.45, 7) is 11.0. The van der Waals surface area contributed by atoms with Crippen molar-refractivity contribution in [1.82, 2.24) is 14.7 Å². The number of nitrogens with zero attached hydrogens (tertiary/aromatic N) is 7. The molecule has 0 radical (unpaired) electrons. The molecule has 0 saturated heterocycles. The quantitative estimate of drug-likeness (QED) is 0.0359. The number of hydrogen-bond acceptors (Lipinski definition) is 11. The Kier molecular flexibility index (Phi) is 29.1. The lowest BCUT2D eigenvalue weighted by Crippen LogP contribution is -2.17. The predicted molar refractivity (Wildman–Crippen MR) is 423 cm³/mol.